The summed E-state index contributed by atoms with van der Waals surface area (Å²) in [7, 11) is -3.02. The molecule has 3 amide bonds. The average molecular weight is 718 g/mol. The van der Waals surface area contributed by atoms with Crippen molar-refractivity contribution < 1.29 is 33.8 Å². The number of anilines is 3. The van der Waals surface area contributed by atoms with E-state index < -0.39 is 31.5 Å². The van der Waals surface area contributed by atoms with Crippen LogP contribution in [0.1, 0.15) is 35.6 Å². The van der Waals surface area contributed by atoms with Gasteiger partial charge in [-0.1, -0.05) is 73.7 Å². The molecule has 0 aliphatic carbocycles. The Morgan fingerprint density at radius 1 is 0.923 bits per heavy atom. The molecule has 0 bridgehead atoms. The summed E-state index contributed by atoms with van der Waals surface area (Å²) in [5, 5.41) is 10.3. The van der Waals surface area contributed by atoms with Gasteiger partial charge < -0.3 is 29.2 Å². The molecule has 4 aromatic carbocycles. The fraction of sp³-hybridized carbons (Fsp3) is 0.341. The number of aliphatic hydroxyl groups is 1. The summed E-state index contributed by atoms with van der Waals surface area (Å²) >= 11 is 0. The second-order valence-electron chi connectivity index (χ2n) is 15.0. The quantitative estimate of drug-likeness (QED) is 0.245. The molecule has 0 aromatic heterocycles. The number of hydrogen-bond acceptors (Lipinski definition) is 7. The monoisotopic (exact) mass is 717 g/mol. The molecule has 4 aliphatic rings. The Morgan fingerprint density at radius 3 is 2.40 bits per heavy atom. The number of amides is 3. The fourth-order valence-electron chi connectivity index (χ4n) is 9.08. The second kappa shape index (κ2) is 13.0. The zero-order valence-corrected chi connectivity index (χ0v) is 30.6. The van der Waals surface area contributed by atoms with Gasteiger partial charge in [0.1, 0.15) is 5.75 Å². The molecule has 1 saturated heterocycles. The molecular weight excluding hydrogens is 675 g/mol. The van der Waals surface area contributed by atoms with Crippen molar-refractivity contribution in [1.82, 2.24) is 4.90 Å². The molecule has 11 heteroatoms. The van der Waals surface area contributed by atoms with Crippen molar-refractivity contribution in [1.29, 1.82) is 0 Å². The van der Waals surface area contributed by atoms with E-state index in [1.165, 1.54) is 0 Å². The minimum atomic E-state index is -3.02. The Hall–Kier alpha value is -4.81. The van der Waals surface area contributed by atoms with Gasteiger partial charge in [-0.15, -0.1) is 0 Å². The minimum absolute atomic E-state index is 0.0149. The summed E-state index contributed by atoms with van der Waals surface area (Å²) in [6.45, 7) is 6.04. The Kier molecular flexibility index (Phi) is 8.57. The first-order chi connectivity index (χ1) is 25.0. The van der Waals surface area contributed by atoms with Crippen LogP contribution >= 0.6 is 0 Å². The van der Waals surface area contributed by atoms with E-state index in [4.69, 9.17) is 9.47 Å². The number of para-hydroxylation sites is 3. The predicted molar refractivity (Wildman–Crippen MR) is 199 cm³/mol. The van der Waals surface area contributed by atoms with Gasteiger partial charge >= 0.3 is 0 Å². The van der Waals surface area contributed by atoms with E-state index >= 15 is 0 Å². The Bertz CT molecular complexity index is 2070. The van der Waals surface area contributed by atoms with E-state index in [0.29, 0.717) is 35.8 Å². The summed E-state index contributed by atoms with van der Waals surface area (Å²) in [5.41, 5.74) is 3.94. The van der Waals surface area contributed by atoms with Crippen LogP contribution in [-0.4, -0.2) is 66.2 Å². The highest BCUT2D eigenvalue weighted by molar-refractivity contribution is 6.71. The van der Waals surface area contributed by atoms with Crippen LogP contribution in [0, 0.1) is 5.92 Å². The third-order valence-corrected chi connectivity index (χ3v) is 13.9. The summed E-state index contributed by atoms with van der Waals surface area (Å²) in [4.78, 5) is 59.1. The SMILES string of the molecule is C[C@@H]1[C@@H]([Si](C)(C)O)[C@H](CC(=O)N2Cc3ccccc3C[C@H]2CO)O[C@@]12C(=O)N(Cc1cccc(N3C(=O)COc4ccccc43)c1)c1ccccc12. The van der Waals surface area contributed by atoms with E-state index in [9.17, 15) is 24.3 Å². The third-order valence-electron chi connectivity index (χ3n) is 11.4. The highest BCUT2D eigenvalue weighted by Gasteiger charge is 2.66. The van der Waals surface area contributed by atoms with Gasteiger partial charge in [0.2, 0.25) is 5.91 Å². The van der Waals surface area contributed by atoms with Crippen LogP contribution in [0.15, 0.2) is 97.1 Å². The van der Waals surface area contributed by atoms with Crippen LogP contribution in [0.3, 0.4) is 0 Å². The van der Waals surface area contributed by atoms with Gasteiger partial charge in [-0.2, -0.15) is 0 Å². The first-order valence-electron chi connectivity index (χ1n) is 17.9. The fourth-order valence-corrected chi connectivity index (χ4v) is 11.6. The number of hydrogen-bond donors (Lipinski definition) is 2. The molecule has 4 aromatic rings. The standard InChI is InChI=1S/C41H43N3O7Si/c1-26-39(52(2,3)49)36(21-37(46)42-23-29-13-5-4-12-28(29)20-31(42)24-45)51-41(26)32-15-6-7-16-33(32)43(40(41)48)22-27-11-10-14-30(19-27)44-34-17-8-9-18-35(34)50-25-38(44)47/h4-19,26,31,36,39,45,49H,20-25H2,1-3H3/t26-,31+,36+,39-,41+/m1/s1. The van der Waals surface area contributed by atoms with Gasteiger partial charge in [0.15, 0.2) is 20.5 Å². The molecule has 52 heavy (non-hydrogen) atoms. The van der Waals surface area contributed by atoms with E-state index in [0.717, 1.165) is 22.3 Å². The van der Waals surface area contributed by atoms with E-state index in [-0.39, 0.29) is 49.9 Å². The molecule has 4 aliphatic heterocycles. The van der Waals surface area contributed by atoms with Gasteiger partial charge in [-0.3, -0.25) is 19.3 Å². The normalized spacial score (nSPS) is 25.2. The molecule has 4 heterocycles. The van der Waals surface area contributed by atoms with E-state index in [2.05, 4.69) is 0 Å². The zero-order chi connectivity index (χ0) is 36.4. The van der Waals surface area contributed by atoms with Crippen molar-refractivity contribution in [2.75, 3.05) is 23.0 Å². The van der Waals surface area contributed by atoms with Crippen LogP contribution in [0.2, 0.25) is 18.6 Å². The zero-order valence-electron chi connectivity index (χ0n) is 29.6. The van der Waals surface area contributed by atoms with Gasteiger partial charge in [0.25, 0.3) is 11.8 Å². The molecule has 1 fully saturated rings. The molecule has 2 N–H and O–H groups in total. The maximum absolute atomic E-state index is 15.0. The number of aliphatic hydroxyl groups excluding tert-OH is 1. The topological polar surface area (TPSA) is 120 Å². The number of carbonyl (C=O) groups excluding carboxylic acids is 3. The summed E-state index contributed by atoms with van der Waals surface area (Å²) in [6, 6.07) is 30.2. The minimum Gasteiger partial charge on any atom is -0.482 e. The van der Waals surface area contributed by atoms with Crippen LogP contribution in [0.25, 0.3) is 0 Å². The highest BCUT2D eigenvalue weighted by atomic mass is 28.4. The molecule has 10 nitrogen and oxygen atoms in total. The van der Waals surface area contributed by atoms with Crippen molar-refractivity contribution in [2.45, 2.75) is 69.2 Å². The molecule has 0 saturated carbocycles. The van der Waals surface area contributed by atoms with Crippen molar-refractivity contribution in [2.24, 2.45) is 5.92 Å². The van der Waals surface area contributed by atoms with Crippen molar-refractivity contribution in [3.8, 4) is 5.75 Å². The van der Waals surface area contributed by atoms with E-state index in [1.807, 2.05) is 117 Å². The van der Waals surface area contributed by atoms with Crippen LogP contribution in [-0.2, 0) is 44.2 Å². The van der Waals surface area contributed by atoms with Gasteiger partial charge in [-0.25, -0.2) is 0 Å². The van der Waals surface area contributed by atoms with Crippen molar-refractivity contribution >= 4 is 43.1 Å². The largest absolute Gasteiger partial charge is 0.482 e. The van der Waals surface area contributed by atoms with Gasteiger partial charge in [0, 0.05) is 29.3 Å². The average Bonchev–Trinajstić information content (AvgIpc) is 3.57. The molecule has 0 unspecified atom stereocenters. The molecule has 268 valence electrons. The Balaban J connectivity index is 1.10. The molecule has 8 rings (SSSR count). The van der Waals surface area contributed by atoms with Crippen molar-refractivity contribution in [3.63, 3.8) is 0 Å². The first kappa shape index (κ1) is 34.3. The second-order valence-corrected chi connectivity index (χ2v) is 18.9. The lowest BCUT2D eigenvalue weighted by atomic mass is 9.82. The number of carbonyl (C=O) groups is 3. The Morgan fingerprint density at radius 2 is 1.63 bits per heavy atom. The van der Waals surface area contributed by atoms with Crippen LogP contribution in [0.5, 0.6) is 5.75 Å². The maximum Gasteiger partial charge on any atom is 0.269 e. The molecule has 0 radical (unpaired) electrons. The van der Waals surface area contributed by atoms with E-state index in [1.54, 1.807) is 14.7 Å². The summed E-state index contributed by atoms with van der Waals surface area (Å²) < 4.78 is 12.6. The van der Waals surface area contributed by atoms with Crippen molar-refractivity contribution in [3.05, 3.63) is 119 Å². The molecule has 5 atom stereocenters. The van der Waals surface area contributed by atoms with Crippen LogP contribution in [0.4, 0.5) is 17.1 Å². The number of nitrogens with zero attached hydrogens (tertiary/aromatic N) is 3. The predicted octanol–water partition coefficient (Wildman–Crippen LogP) is 5.42. The maximum atomic E-state index is 15.0. The number of rotatable bonds is 7. The highest BCUT2D eigenvalue weighted by Crippen LogP contribution is 2.60. The number of ether oxygens (including phenoxy) is 2. The Labute approximate surface area is 304 Å². The lowest BCUT2D eigenvalue weighted by Gasteiger charge is -2.37. The molecule has 1 spiro atoms. The summed E-state index contributed by atoms with van der Waals surface area (Å²) in [6.07, 6.45) is -0.167. The van der Waals surface area contributed by atoms with Gasteiger partial charge in [-0.05, 0) is 66.5 Å². The van der Waals surface area contributed by atoms with Crippen LogP contribution < -0.4 is 14.5 Å². The molecular formula is C41H43N3O7Si. The third kappa shape index (κ3) is 5.54. The number of benzene rings is 4. The number of fused-ring (bicyclic) bond motifs is 4. The lowest BCUT2D eigenvalue weighted by Crippen LogP contribution is -2.48. The first-order valence-corrected chi connectivity index (χ1v) is 21.0. The lowest BCUT2D eigenvalue weighted by molar-refractivity contribution is -0.151. The smallest absolute Gasteiger partial charge is 0.269 e. The summed E-state index contributed by atoms with van der Waals surface area (Å²) in [5.74, 6) is -0.400. The van der Waals surface area contributed by atoms with Gasteiger partial charge in [0.05, 0.1) is 43.1 Å².